The minimum absolute atomic E-state index is 0.154. The Morgan fingerprint density at radius 2 is 1.83 bits per heavy atom. The molecule has 2 aliphatic rings. The Kier molecular flexibility index (Phi) is 4.31. The molecule has 0 saturated carbocycles. The van der Waals surface area contributed by atoms with E-state index in [1.165, 1.54) is 45.3 Å². The van der Waals surface area contributed by atoms with E-state index in [0.717, 1.165) is 13.1 Å². The zero-order chi connectivity index (χ0) is 13.2. The van der Waals surface area contributed by atoms with Gasteiger partial charge in [0.2, 0.25) is 5.91 Å². The number of hydrogen-bond acceptors (Lipinski definition) is 2. The third-order valence-corrected chi connectivity index (χ3v) is 4.58. The summed E-state index contributed by atoms with van der Waals surface area (Å²) in [4.78, 5) is 16.6. The van der Waals surface area contributed by atoms with Gasteiger partial charge in [-0.3, -0.25) is 4.79 Å². The van der Waals surface area contributed by atoms with Crippen molar-refractivity contribution >= 4 is 5.91 Å². The van der Waals surface area contributed by atoms with Crippen LogP contribution in [0, 0.1) is 11.3 Å². The summed E-state index contributed by atoms with van der Waals surface area (Å²) in [6, 6.07) is 0. The lowest BCUT2D eigenvalue weighted by atomic mass is 9.72. The maximum Gasteiger partial charge on any atom is 0.225 e. The molecule has 0 N–H and O–H groups in total. The zero-order valence-electron chi connectivity index (χ0n) is 12.2. The minimum atomic E-state index is 0.154. The average Bonchev–Trinajstić information content (AvgIpc) is 2.33. The summed E-state index contributed by atoms with van der Waals surface area (Å²) in [5.74, 6) is 0.494. The van der Waals surface area contributed by atoms with Crippen LogP contribution in [0.3, 0.4) is 0 Å². The van der Waals surface area contributed by atoms with Gasteiger partial charge in [-0.1, -0.05) is 27.2 Å². The highest BCUT2D eigenvalue weighted by atomic mass is 16.2. The van der Waals surface area contributed by atoms with Crippen LogP contribution in [0.5, 0.6) is 0 Å². The lowest BCUT2D eigenvalue weighted by Crippen LogP contribution is -2.60. The smallest absolute Gasteiger partial charge is 0.225 e. The molecule has 0 atom stereocenters. The van der Waals surface area contributed by atoms with Gasteiger partial charge in [-0.2, -0.15) is 0 Å². The van der Waals surface area contributed by atoms with Crippen molar-refractivity contribution in [3.8, 4) is 0 Å². The fourth-order valence-corrected chi connectivity index (χ4v) is 3.33. The Hall–Kier alpha value is -0.570. The van der Waals surface area contributed by atoms with E-state index in [1.807, 2.05) is 13.8 Å². The number of amides is 1. The zero-order valence-corrected chi connectivity index (χ0v) is 12.2. The Morgan fingerprint density at radius 3 is 2.33 bits per heavy atom. The molecule has 0 unspecified atom stereocenters. The first-order valence-electron chi connectivity index (χ1n) is 7.57. The Balaban J connectivity index is 1.73. The Morgan fingerprint density at radius 1 is 1.22 bits per heavy atom. The molecular weight excluding hydrogens is 224 g/mol. The third kappa shape index (κ3) is 2.87. The normalized spacial score (nSPS) is 23.4. The highest BCUT2D eigenvalue weighted by molar-refractivity contribution is 5.78. The number of piperidine rings is 1. The van der Waals surface area contributed by atoms with Gasteiger partial charge in [-0.05, 0) is 31.2 Å². The minimum Gasteiger partial charge on any atom is -0.342 e. The van der Waals surface area contributed by atoms with E-state index < -0.39 is 0 Å². The molecule has 104 valence electrons. The van der Waals surface area contributed by atoms with E-state index in [9.17, 15) is 4.79 Å². The van der Waals surface area contributed by atoms with Crippen molar-refractivity contribution in [2.75, 3.05) is 32.7 Å². The predicted molar refractivity (Wildman–Crippen MR) is 74.4 cm³/mol. The summed E-state index contributed by atoms with van der Waals surface area (Å²) in [6.45, 7) is 12.0. The van der Waals surface area contributed by atoms with Crippen LogP contribution >= 0.6 is 0 Å². The highest BCUT2D eigenvalue weighted by Crippen LogP contribution is 2.40. The molecule has 18 heavy (non-hydrogen) atoms. The summed E-state index contributed by atoms with van der Waals surface area (Å²) in [5, 5.41) is 0. The fraction of sp³-hybridized carbons (Fsp3) is 0.933. The first-order valence-corrected chi connectivity index (χ1v) is 7.57. The monoisotopic (exact) mass is 252 g/mol. The molecule has 2 saturated heterocycles. The molecule has 0 aliphatic carbocycles. The van der Waals surface area contributed by atoms with Crippen LogP contribution in [0.15, 0.2) is 0 Å². The number of rotatable bonds is 4. The van der Waals surface area contributed by atoms with Crippen molar-refractivity contribution in [2.45, 2.75) is 46.5 Å². The summed E-state index contributed by atoms with van der Waals surface area (Å²) in [6.07, 6.45) is 5.05. The molecule has 0 radical (unpaired) electrons. The SMILES string of the molecule is CCCCN1CC2(CCN(C(=O)C(C)C)CC2)C1. The second kappa shape index (κ2) is 5.60. The van der Waals surface area contributed by atoms with Gasteiger partial charge in [-0.15, -0.1) is 0 Å². The molecule has 1 spiro atoms. The first kappa shape index (κ1) is 13.9. The van der Waals surface area contributed by atoms with E-state index in [-0.39, 0.29) is 5.92 Å². The number of carbonyl (C=O) groups excluding carboxylic acids is 1. The van der Waals surface area contributed by atoms with Gasteiger partial charge in [0.15, 0.2) is 0 Å². The van der Waals surface area contributed by atoms with Crippen molar-refractivity contribution in [3.63, 3.8) is 0 Å². The van der Waals surface area contributed by atoms with Gasteiger partial charge in [0.25, 0.3) is 0 Å². The summed E-state index contributed by atoms with van der Waals surface area (Å²) < 4.78 is 0. The molecule has 0 aromatic rings. The molecule has 3 heteroatoms. The van der Waals surface area contributed by atoms with Gasteiger partial charge in [-0.25, -0.2) is 0 Å². The molecule has 2 aliphatic heterocycles. The second-order valence-corrected chi connectivity index (χ2v) is 6.54. The predicted octanol–water partition coefficient (Wildman–Crippen LogP) is 2.37. The molecule has 2 rings (SSSR count). The molecule has 1 amide bonds. The van der Waals surface area contributed by atoms with Crippen molar-refractivity contribution in [3.05, 3.63) is 0 Å². The first-order chi connectivity index (χ1) is 8.56. The maximum absolute atomic E-state index is 11.9. The van der Waals surface area contributed by atoms with Crippen LogP contribution in [-0.4, -0.2) is 48.4 Å². The summed E-state index contributed by atoms with van der Waals surface area (Å²) in [7, 11) is 0. The van der Waals surface area contributed by atoms with Gasteiger partial charge in [0, 0.05) is 32.1 Å². The quantitative estimate of drug-likeness (QED) is 0.767. The number of nitrogens with zero attached hydrogens (tertiary/aromatic N) is 2. The van der Waals surface area contributed by atoms with E-state index in [1.54, 1.807) is 0 Å². The van der Waals surface area contributed by atoms with E-state index >= 15 is 0 Å². The lowest BCUT2D eigenvalue weighted by Gasteiger charge is -2.54. The van der Waals surface area contributed by atoms with Crippen LogP contribution in [0.1, 0.15) is 46.5 Å². The van der Waals surface area contributed by atoms with E-state index in [4.69, 9.17) is 0 Å². The van der Waals surface area contributed by atoms with Crippen LogP contribution in [0.4, 0.5) is 0 Å². The largest absolute Gasteiger partial charge is 0.342 e. The van der Waals surface area contributed by atoms with Crippen LogP contribution in [-0.2, 0) is 4.79 Å². The maximum atomic E-state index is 11.9. The molecule has 2 heterocycles. The van der Waals surface area contributed by atoms with E-state index in [2.05, 4.69) is 16.7 Å². The Bertz CT molecular complexity index is 285. The molecule has 0 aromatic heterocycles. The number of hydrogen-bond donors (Lipinski definition) is 0. The number of unbranched alkanes of at least 4 members (excludes halogenated alkanes) is 1. The number of likely N-dealkylation sites (tertiary alicyclic amines) is 2. The van der Waals surface area contributed by atoms with Gasteiger partial charge in [0.05, 0.1) is 0 Å². The van der Waals surface area contributed by atoms with Crippen molar-refractivity contribution in [1.29, 1.82) is 0 Å². The van der Waals surface area contributed by atoms with Crippen LogP contribution in [0.25, 0.3) is 0 Å². The van der Waals surface area contributed by atoms with Gasteiger partial charge < -0.3 is 9.80 Å². The highest BCUT2D eigenvalue weighted by Gasteiger charge is 2.44. The molecule has 2 fully saturated rings. The van der Waals surface area contributed by atoms with Crippen LogP contribution in [0.2, 0.25) is 0 Å². The van der Waals surface area contributed by atoms with Crippen LogP contribution < -0.4 is 0 Å². The molecule has 0 aromatic carbocycles. The topological polar surface area (TPSA) is 23.6 Å². The van der Waals surface area contributed by atoms with Gasteiger partial charge in [0.1, 0.15) is 0 Å². The van der Waals surface area contributed by atoms with Crippen molar-refractivity contribution in [1.82, 2.24) is 9.80 Å². The number of carbonyl (C=O) groups is 1. The fourth-order valence-electron chi connectivity index (χ4n) is 3.33. The lowest BCUT2D eigenvalue weighted by molar-refractivity contribution is -0.139. The standard InChI is InChI=1S/C15H28N2O/c1-4-5-8-16-11-15(12-16)6-9-17(10-7-15)14(18)13(2)3/h13H,4-12H2,1-3H3. The molecular formula is C15H28N2O. The molecule has 3 nitrogen and oxygen atoms in total. The second-order valence-electron chi connectivity index (χ2n) is 6.54. The van der Waals surface area contributed by atoms with Crippen molar-refractivity contribution in [2.24, 2.45) is 11.3 Å². The summed E-state index contributed by atoms with van der Waals surface area (Å²) in [5.41, 5.74) is 0.557. The van der Waals surface area contributed by atoms with Gasteiger partial charge >= 0.3 is 0 Å². The molecule has 0 bridgehead atoms. The van der Waals surface area contributed by atoms with Crippen molar-refractivity contribution < 1.29 is 4.79 Å². The summed E-state index contributed by atoms with van der Waals surface area (Å²) >= 11 is 0. The third-order valence-electron chi connectivity index (χ3n) is 4.58. The average molecular weight is 252 g/mol. The van der Waals surface area contributed by atoms with E-state index in [0.29, 0.717) is 11.3 Å². The Labute approximate surface area is 112 Å².